The van der Waals surface area contributed by atoms with Crippen LogP contribution >= 0.6 is 0 Å². The van der Waals surface area contributed by atoms with Crippen molar-refractivity contribution >= 4 is 12.0 Å². The van der Waals surface area contributed by atoms with E-state index in [1.807, 2.05) is 20.8 Å². The summed E-state index contributed by atoms with van der Waals surface area (Å²) in [6.45, 7) is 7.19. The van der Waals surface area contributed by atoms with Gasteiger partial charge < -0.3 is 19.9 Å². The molecule has 0 aliphatic heterocycles. The summed E-state index contributed by atoms with van der Waals surface area (Å²) >= 11 is 0. The number of aryl methyl sites for hydroxylation is 1. The third kappa shape index (κ3) is 5.26. The molecule has 0 spiro atoms. The summed E-state index contributed by atoms with van der Waals surface area (Å²) in [4.78, 5) is 24.2. The number of alkyl carbamates (subject to hydrolysis) is 1. The minimum Gasteiger partial charge on any atom is -0.444 e. The Balaban J connectivity index is 1.95. The van der Waals surface area contributed by atoms with Crippen LogP contribution in [0.25, 0.3) is 0 Å². The number of hydrogen-bond acceptors (Lipinski definition) is 5. The first-order valence-electron chi connectivity index (χ1n) is 7.98. The van der Waals surface area contributed by atoms with Crippen molar-refractivity contribution < 1.29 is 18.8 Å². The Kier molecular flexibility index (Phi) is 5.28. The van der Waals surface area contributed by atoms with Gasteiger partial charge in [0.2, 0.25) is 0 Å². The molecule has 7 nitrogen and oxygen atoms in total. The van der Waals surface area contributed by atoms with Crippen molar-refractivity contribution in [3.63, 3.8) is 0 Å². The van der Waals surface area contributed by atoms with Gasteiger partial charge in [-0.15, -0.1) is 0 Å². The van der Waals surface area contributed by atoms with Crippen LogP contribution in [0, 0.1) is 6.92 Å². The first-order chi connectivity index (χ1) is 10.7. The lowest BCUT2D eigenvalue weighted by Gasteiger charge is -2.33. The van der Waals surface area contributed by atoms with Gasteiger partial charge in [-0.1, -0.05) is 18.0 Å². The molecule has 1 saturated carbocycles. The number of hydrogen-bond donors (Lipinski definition) is 2. The Morgan fingerprint density at radius 2 is 1.83 bits per heavy atom. The van der Waals surface area contributed by atoms with Crippen LogP contribution in [0.4, 0.5) is 4.79 Å². The second kappa shape index (κ2) is 7.02. The third-order valence-corrected chi connectivity index (χ3v) is 3.65. The molecule has 1 aliphatic rings. The number of rotatable bonds is 3. The molecule has 2 rings (SSSR count). The second-order valence-electron chi connectivity index (χ2n) is 6.94. The molecular weight excluding hydrogens is 298 g/mol. The van der Waals surface area contributed by atoms with Gasteiger partial charge in [0.1, 0.15) is 11.4 Å². The van der Waals surface area contributed by atoms with Crippen LogP contribution in [0.1, 0.15) is 62.7 Å². The van der Waals surface area contributed by atoms with Crippen LogP contribution in [0.2, 0.25) is 0 Å². The Hall–Kier alpha value is -2.05. The molecule has 1 heterocycles. The predicted molar refractivity (Wildman–Crippen MR) is 84.1 cm³/mol. The third-order valence-electron chi connectivity index (χ3n) is 3.65. The van der Waals surface area contributed by atoms with Gasteiger partial charge in [-0.05, 0) is 40.5 Å². The summed E-state index contributed by atoms with van der Waals surface area (Å²) in [5, 5.41) is 9.52. The molecule has 0 saturated heterocycles. The zero-order valence-corrected chi connectivity index (χ0v) is 14.1. The zero-order valence-electron chi connectivity index (χ0n) is 14.1. The molecule has 1 fully saturated rings. The molecule has 1 aromatic rings. The maximum absolute atomic E-state index is 12.2. The molecule has 1 aliphatic carbocycles. The van der Waals surface area contributed by atoms with E-state index in [1.165, 1.54) is 0 Å². The number of carbonyl (C=O) groups excluding carboxylic acids is 2. The summed E-state index contributed by atoms with van der Waals surface area (Å²) in [5.74, 6) is 0.298. The molecule has 23 heavy (non-hydrogen) atoms. The van der Waals surface area contributed by atoms with Crippen molar-refractivity contribution in [2.45, 2.75) is 71.1 Å². The van der Waals surface area contributed by atoms with E-state index in [0.29, 0.717) is 5.76 Å². The van der Waals surface area contributed by atoms with Crippen molar-refractivity contribution in [1.29, 1.82) is 0 Å². The highest BCUT2D eigenvalue weighted by atomic mass is 16.6. The Labute approximate surface area is 136 Å². The molecule has 1 aromatic heterocycles. The molecule has 0 unspecified atom stereocenters. The predicted octanol–water partition coefficient (Wildman–Crippen LogP) is 2.55. The Morgan fingerprint density at radius 3 is 2.35 bits per heavy atom. The van der Waals surface area contributed by atoms with Crippen molar-refractivity contribution in [1.82, 2.24) is 15.8 Å². The number of nitrogens with one attached hydrogen (secondary N) is 2. The van der Waals surface area contributed by atoms with Crippen molar-refractivity contribution in [3.8, 4) is 0 Å². The van der Waals surface area contributed by atoms with Gasteiger partial charge in [0, 0.05) is 12.1 Å². The van der Waals surface area contributed by atoms with E-state index in [0.717, 1.165) is 25.7 Å². The zero-order chi connectivity index (χ0) is 17.0. The topological polar surface area (TPSA) is 93.5 Å². The summed E-state index contributed by atoms with van der Waals surface area (Å²) in [7, 11) is 0. The molecule has 0 radical (unpaired) electrons. The van der Waals surface area contributed by atoms with Gasteiger partial charge in [0.25, 0.3) is 5.91 Å². The lowest BCUT2D eigenvalue weighted by atomic mass is 9.90. The standard InChI is InChI=1S/C16H25N3O4/c1-10-9-13(19-23-10)14(20)17-11-7-5-6-8-12(11)18-15(21)22-16(2,3)4/h9,11-12H,5-8H2,1-4H3,(H,17,20)(H,18,21)/t11-,12+/m1/s1. The number of nitrogens with zero attached hydrogens (tertiary/aromatic N) is 1. The van der Waals surface area contributed by atoms with Crippen molar-refractivity contribution in [3.05, 3.63) is 17.5 Å². The summed E-state index contributed by atoms with van der Waals surface area (Å²) in [5.41, 5.74) is -0.292. The van der Waals surface area contributed by atoms with E-state index in [9.17, 15) is 9.59 Å². The summed E-state index contributed by atoms with van der Waals surface area (Å²) in [6.07, 6.45) is 3.18. The van der Waals surface area contributed by atoms with Crippen LogP contribution in [0.15, 0.2) is 10.6 Å². The van der Waals surface area contributed by atoms with Gasteiger partial charge >= 0.3 is 6.09 Å². The molecule has 0 aromatic carbocycles. The minimum atomic E-state index is -0.546. The summed E-state index contributed by atoms with van der Waals surface area (Å²) < 4.78 is 10.2. The first-order valence-corrected chi connectivity index (χ1v) is 7.98. The van der Waals surface area contributed by atoms with Gasteiger partial charge in [-0.25, -0.2) is 4.79 Å². The van der Waals surface area contributed by atoms with Crippen LogP contribution in [-0.2, 0) is 4.74 Å². The molecular formula is C16H25N3O4. The fourth-order valence-corrected chi connectivity index (χ4v) is 2.65. The fourth-order valence-electron chi connectivity index (χ4n) is 2.65. The second-order valence-corrected chi connectivity index (χ2v) is 6.94. The largest absolute Gasteiger partial charge is 0.444 e. The first kappa shape index (κ1) is 17.3. The van der Waals surface area contributed by atoms with Crippen LogP contribution in [0.5, 0.6) is 0 Å². The quantitative estimate of drug-likeness (QED) is 0.891. The average Bonchev–Trinajstić information content (AvgIpc) is 2.85. The smallest absolute Gasteiger partial charge is 0.407 e. The van der Waals surface area contributed by atoms with Gasteiger partial charge in [-0.3, -0.25) is 4.79 Å². The Morgan fingerprint density at radius 1 is 1.22 bits per heavy atom. The highest BCUT2D eigenvalue weighted by molar-refractivity contribution is 5.92. The normalized spacial score (nSPS) is 21.6. The van der Waals surface area contributed by atoms with Crippen molar-refractivity contribution in [2.75, 3.05) is 0 Å². The molecule has 2 N–H and O–H groups in total. The minimum absolute atomic E-state index is 0.138. The SMILES string of the molecule is Cc1cc(C(=O)N[C@@H]2CCCC[C@@H]2NC(=O)OC(C)(C)C)no1. The molecule has 0 bridgehead atoms. The van der Waals surface area contributed by atoms with E-state index in [4.69, 9.17) is 9.26 Å². The van der Waals surface area contributed by atoms with Gasteiger partial charge in [0.15, 0.2) is 5.69 Å². The lowest BCUT2D eigenvalue weighted by Crippen LogP contribution is -2.54. The van der Waals surface area contributed by atoms with Crippen LogP contribution in [-0.4, -0.2) is 34.8 Å². The monoisotopic (exact) mass is 323 g/mol. The van der Waals surface area contributed by atoms with Gasteiger partial charge in [-0.2, -0.15) is 0 Å². The number of amides is 2. The van der Waals surface area contributed by atoms with Crippen LogP contribution in [0.3, 0.4) is 0 Å². The van der Waals surface area contributed by atoms with Crippen molar-refractivity contribution in [2.24, 2.45) is 0 Å². The maximum atomic E-state index is 12.2. The maximum Gasteiger partial charge on any atom is 0.407 e. The highest BCUT2D eigenvalue weighted by Crippen LogP contribution is 2.20. The van der Waals surface area contributed by atoms with E-state index < -0.39 is 11.7 Å². The lowest BCUT2D eigenvalue weighted by molar-refractivity contribution is 0.0474. The molecule has 128 valence electrons. The molecule has 7 heteroatoms. The van der Waals surface area contributed by atoms with E-state index >= 15 is 0 Å². The average molecular weight is 323 g/mol. The van der Waals surface area contributed by atoms with E-state index in [-0.39, 0.29) is 23.7 Å². The fraction of sp³-hybridized carbons (Fsp3) is 0.688. The number of carbonyl (C=O) groups is 2. The van der Waals surface area contributed by atoms with Gasteiger partial charge in [0.05, 0.1) is 6.04 Å². The van der Waals surface area contributed by atoms with E-state index in [2.05, 4.69) is 15.8 Å². The Bertz CT molecular complexity index is 562. The molecule has 2 amide bonds. The number of ether oxygens (including phenoxy) is 1. The van der Waals surface area contributed by atoms with E-state index in [1.54, 1.807) is 13.0 Å². The highest BCUT2D eigenvalue weighted by Gasteiger charge is 2.30. The molecule has 2 atom stereocenters. The van der Waals surface area contributed by atoms with Crippen LogP contribution < -0.4 is 10.6 Å². The summed E-state index contributed by atoms with van der Waals surface area (Å²) in [6, 6.07) is 1.31. The number of aromatic nitrogens is 1.